The minimum atomic E-state index is -4.52. The molecule has 0 N–H and O–H groups in total. The number of methoxy groups -OCH3 is 1. The smallest absolute Gasteiger partial charge is 0.435 e. The Bertz CT molecular complexity index is 858. The maximum atomic E-state index is 12.9. The topological polar surface area (TPSA) is 50.6 Å². The van der Waals surface area contributed by atoms with Crippen molar-refractivity contribution in [2.75, 3.05) is 33.3 Å². The monoisotopic (exact) mass is 410 g/mol. The molecule has 0 saturated carbocycles. The Morgan fingerprint density at radius 1 is 1.21 bits per heavy atom. The van der Waals surface area contributed by atoms with Gasteiger partial charge in [-0.15, -0.1) is 0 Å². The van der Waals surface area contributed by atoms with Crippen molar-refractivity contribution < 1.29 is 22.7 Å². The van der Waals surface area contributed by atoms with Crippen molar-refractivity contribution in [1.82, 2.24) is 19.6 Å². The van der Waals surface area contributed by atoms with Gasteiger partial charge in [-0.05, 0) is 37.6 Å². The maximum Gasteiger partial charge on any atom is 0.435 e. The van der Waals surface area contributed by atoms with Crippen LogP contribution in [-0.2, 0) is 17.5 Å². The van der Waals surface area contributed by atoms with Crippen LogP contribution in [0.1, 0.15) is 29.9 Å². The number of carbonyl (C=O) groups excluding carboxylic acids is 1. The molecule has 6 nitrogen and oxygen atoms in total. The minimum absolute atomic E-state index is 0.217. The summed E-state index contributed by atoms with van der Waals surface area (Å²) in [5.41, 5.74) is 0.469. The van der Waals surface area contributed by atoms with Gasteiger partial charge in [0.1, 0.15) is 11.8 Å². The molecule has 0 radical (unpaired) electrons. The van der Waals surface area contributed by atoms with Gasteiger partial charge in [-0.1, -0.05) is 12.1 Å². The quantitative estimate of drug-likeness (QED) is 0.760. The van der Waals surface area contributed by atoms with Gasteiger partial charge in [0.15, 0.2) is 5.69 Å². The number of ether oxygens (including phenoxy) is 1. The Kier molecular flexibility index (Phi) is 6.16. The van der Waals surface area contributed by atoms with Crippen LogP contribution < -0.4 is 4.74 Å². The van der Waals surface area contributed by atoms with Crippen LogP contribution in [0.3, 0.4) is 0 Å². The van der Waals surface area contributed by atoms with Crippen LogP contribution >= 0.6 is 0 Å². The molecular formula is C20H25F3N4O2. The summed E-state index contributed by atoms with van der Waals surface area (Å²) in [4.78, 5) is 16.7. The predicted octanol–water partition coefficient (Wildman–Crippen LogP) is 3.12. The molecule has 29 heavy (non-hydrogen) atoms. The van der Waals surface area contributed by atoms with E-state index in [-0.39, 0.29) is 5.91 Å². The van der Waals surface area contributed by atoms with E-state index in [0.717, 1.165) is 28.6 Å². The van der Waals surface area contributed by atoms with E-state index in [4.69, 9.17) is 4.74 Å². The summed E-state index contributed by atoms with van der Waals surface area (Å²) in [6.07, 6.45) is -4.52. The van der Waals surface area contributed by atoms with E-state index in [9.17, 15) is 18.0 Å². The van der Waals surface area contributed by atoms with Gasteiger partial charge in [0.2, 0.25) is 5.91 Å². The third kappa shape index (κ3) is 4.90. The van der Waals surface area contributed by atoms with Gasteiger partial charge in [-0.2, -0.15) is 18.3 Å². The summed E-state index contributed by atoms with van der Waals surface area (Å²) in [7, 11) is 1.63. The van der Waals surface area contributed by atoms with Crippen molar-refractivity contribution in [3.8, 4) is 5.75 Å². The van der Waals surface area contributed by atoms with Crippen molar-refractivity contribution >= 4 is 5.91 Å². The molecule has 1 aliphatic heterocycles. The number of aromatic nitrogens is 2. The second-order valence-electron chi connectivity index (χ2n) is 7.24. The fraction of sp³-hybridized carbons (Fsp3) is 0.500. The number of aryl methyl sites for hydroxylation is 1. The highest BCUT2D eigenvalue weighted by Gasteiger charge is 2.36. The van der Waals surface area contributed by atoms with Crippen LogP contribution in [0, 0.1) is 6.92 Å². The first-order chi connectivity index (χ1) is 13.7. The highest BCUT2D eigenvalue weighted by molar-refractivity contribution is 5.80. The lowest BCUT2D eigenvalue weighted by molar-refractivity contribution is -0.143. The number of hydrogen-bond acceptors (Lipinski definition) is 4. The summed E-state index contributed by atoms with van der Waals surface area (Å²) in [5.74, 6) is 0.587. The molecule has 2 heterocycles. The van der Waals surface area contributed by atoms with Gasteiger partial charge in [-0.3, -0.25) is 14.4 Å². The van der Waals surface area contributed by atoms with Crippen LogP contribution in [0.4, 0.5) is 13.2 Å². The SMILES string of the molecule is COc1cccc(CN2CCN(C(=O)C(C)n3nc(C(F)(F)F)cc3C)CC2)c1. The molecule has 0 spiro atoms. The number of amides is 1. The molecular weight excluding hydrogens is 385 g/mol. The zero-order chi connectivity index (χ0) is 21.2. The van der Waals surface area contributed by atoms with Crippen LogP contribution in [0.15, 0.2) is 30.3 Å². The largest absolute Gasteiger partial charge is 0.497 e. The second-order valence-corrected chi connectivity index (χ2v) is 7.24. The maximum absolute atomic E-state index is 12.9. The van der Waals surface area contributed by atoms with Crippen LogP contribution in [-0.4, -0.2) is 58.8 Å². The van der Waals surface area contributed by atoms with Gasteiger partial charge in [0.05, 0.1) is 7.11 Å². The first-order valence-corrected chi connectivity index (χ1v) is 9.46. The summed E-state index contributed by atoms with van der Waals surface area (Å²) < 4.78 is 45.1. The Morgan fingerprint density at radius 2 is 1.90 bits per heavy atom. The average Bonchev–Trinajstić information content (AvgIpc) is 3.10. The fourth-order valence-electron chi connectivity index (χ4n) is 3.54. The molecule has 3 rings (SSSR count). The molecule has 1 atom stereocenters. The molecule has 9 heteroatoms. The van der Waals surface area contributed by atoms with Crippen LogP contribution in [0.2, 0.25) is 0 Å². The lowest BCUT2D eigenvalue weighted by atomic mass is 10.1. The first-order valence-electron chi connectivity index (χ1n) is 9.46. The van der Waals surface area contributed by atoms with E-state index >= 15 is 0 Å². The van der Waals surface area contributed by atoms with Gasteiger partial charge >= 0.3 is 6.18 Å². The van der Waals surface area contributed by atoms with E-state index in [1.54, 1.807) is 18.9 Å². The first kappa shape index (κ1) is 21.2. The van der Waals surface area contributed by atoms with Gasteiger partial charge in [-0.25, -0.2) is 0 Å². The molecule has 1 amide bonds. The van der Waals surface area contributed by atoms with Crippen LogP contribution in [0.5, 0.6) is 5.75 Å². The molecule has 1 aromatic carbocycles. The van der Waals surface area contributed by atoms with Crippen molar-refractivity contribution in [3.05, 3.63) is 47.3 Å². The normalized spacial score (nSPS) is 16.7. The Morgan fingerprint density at radius 3 is 2.48 bits per heavy atom. The molecule has 2 aromatic rings. The van der Waals surface area contributed by atoms with Crippen molar-refractivity contribution in [1.29, 1.82) is 0 Å². The van der Waals surface area contributed by atoms with E-state index in [0.29, 0.717) is 31.9 Å². The number of nitrogens with zero attached hydrogens (tertiary/aromatic N) is 4. The number of hydrogen-bond donors (Lipinski definition) is 0. The van der Waals surface area contributed by atoms with Crippen LogP contribution in [0.25, 0.3) is 0 Å². The molecule has 1 aromatic heterocycles. The molecule has 1 fully saturated rings. The number of piperazine rings is 1. The summed E-state index contributed by atoms with van der Waals surface area (Å²) in [5, 5.41) is 3.61. The average molecular weight is 410 g/mol. The standard InChI is InChI=1S/C20H25F3N4O2/c1-14-11-18(20(21,22)23)24-27(14)15(2)19(28)26-9-7-25(8-10-26)13-16-5-4-6-17(12-16)29-3/h4-6,11-12,15H,7-10,13H2,1-3H3. The van der Waals surface area contributed by atoms with Gasteiger partial charge in [0, 0.05) is 38.4 Å². The lowest BCUT2D eigenvalue weighted by Crippen LogP contribution is -2.50. The molecule has 158 valence electrons. The van der Waals surface area contributed by atoms with E-state index in [1.165, 1.54) is 6.92 Å². The Labute approximate surface area is 167 Å². The van der Waals surface area contributed by atoms with E-state index in [2.05, 4.69) is 10.00 Å². The minimum Gasteiger partial charge on any atom is -0.497 e. The molecule has 1 unspecified atom stereocenters. The highest BCUT2D eigenvalue weighted by atomic mass is 19.4. The van der Waals surface area contributed by atoms with E-state index in [1.807, 2.05) is 24.3 Å². The molecule has 1 saturated heterocycles. The second kappa shape index (κ2) is 8.44. The third-order valence-corrected chi connectivity index (χ3v) is 5.16. The molecule has 1 aliphatic rings. The number of alkyl halides is 3. The van der Waals surface area contributed by atoms with Gasteiger partial charge < -0.3 is 9.64 Å². The number of halogens is 3. The van der Waals surface area contributed by atoms with E-state index < -0.39 is 17.9 Å². The summed E-state index contributed by atoms with van der Waals surface area (Å²) in [6, 6.07) is 8.03. The summed E-state index contributed by atoms with van der Waals surface area (Å²) >= 11 is 0. The third-order valence-electron chi connectivity index (χ3n) is 5.16. The van der Waals surface area contributed by atoms with Crippen molar-refractivity contribution in [2.45, 2.75) is 32.6 Å². The van der Waals surface area contributed by atoms with Crippen molar-refractivity contribution in [2.24, 2.45) is 0 Å². The Balaban J connectivity index is 1.59. The number of carbonyl (C=O) groups is 1. The lowest BCUT2D eigenvalue weighted by Gasteiger charge is -2.36. The zero-order valence-corrected chi connectivity index (χ0v) is 16.7. The fourth-order valence-corrected chi connectivity index (χ4v) is 3.54. The zero-order valence-electron chi connectivity index (χ0n) is 16.7. The highest BCUT2D eigenvalue weighted by Crippen LogP contribution is 2.29. The summed E-state index contributed by atoms with van der Waals surface area (Å²) in [6.45, 7) is 6.31. The molecule has 0 aliphatic carbocycles. The predicted molar refractivity (Wildman–Crippen MR) is 102 cm³/mol. The molecule has 0 bridgehead atoms. The van der Waals surface area contributed by atoms with Gasteiger partial charge in [0.25, 0.3) is 0 Å². The number of rotatable bonds is 5. The Hall–Kier alpha value is -2.55. The number of benzene rings is 1. The van der Waals surface area contributed by atoms with Crippen molar-refractivity contribution in [3.63, 3.8) is 0 Å².